The molecular weight excluding hydrogens is 250 g/mol. The maximum atomic E-state index is 11.7. The zero-order valence-corrected chi connectivity index (χ0v) is 11.2. The van der Waals surface area contributed by atoms with Crippen LogP contribution in [0.1, 0.15) is 12.2 Å². The molecule has 1 aliphatic rings. The lowest BCUT2D eigenvalue weighted by Crippen LogP contribution is -2.44. The number of furan rings is 1. The molecule has 1 amide bonds. The number of carbonyl (C=O) groups is 1. The van der Waals surface area contributed by atoms with E-state index in [2.05, 4.69) is 5.32 Å². The van der Waals surface area contributed by atoms with Gasteiger partial charge in [-0.25, -0.2) is 0 Å². The van der Waals surface area contributed by atoms with Crippen molar-refractivity contribution in [3.8, 4) is 0 Å². The third kappa shape index (κ3) is 3.40. The smallest absolute Gasteiger partial charge is 0.244 e. The first-order chi connectivity index (χ1) is 8.74. The molecule has 1 atom stereocenters. The molecule has 1 unspecified atom stereocenters. The number of ether oxygens (including phenoxy) is 1. The van der Waals surface area contributed by atoms with Gasteiger partial charge in [-0.3, -0.25) is 4.79 Å². The van der Waals surface area contributed by atoms with Gasteiger partial charge in [0.2, 0.25) is 5.91 Å². The van der Waals surface area contributed by atoms with Gasteiger partial charge < -0.3 is 14.5 Å². The molecule has 0 aromatic carbocycles. The number of carbonyl (C=O) groups excluding carboxylic acids is 1. The Bertz CT molecular complexity index is 408. The van der Waals surface area contributed by atoms with Gasteiger partial charge in [-0.2, -0.15) is 11.8 Å². The number of amides is 1. The minimum atomic E-state index is -0.196. The first-order valence-corrected chi connectivity index (χ1v) is 7.02. The Morgan fingerprint density at radius 3 is 3.22 bits per heavy atom. The van der Waals surface area contributed by atoms with Crippen molar-refractivity contribution in [1.82, 2.24) is 5.32 Å². The van der Waals surface area contributed by atoms with Crippen LogP contribution in [0.4, 0.5) is 0 Å². The van der Waals surface area contributed by atoms with Crippen molar-refractivity contribution in [3.05, 3.63) is 30.2 Å². The highest BCUT2D eigenvalue weighted by Crippen LogP contribution is 2.30. The van der Waals surface area contributed by atoms with Crippen molar-refractivity contribution < 1.29 is 13.9 Å². The van der Waals surface area contributed by atoms with Crippen LogP contribution in [0.25, 0.3) is 6.08 Å². The second kappa shape index (κ2) is 6.11. The minimum Gasteiger partial charge on any atom is -0.465 e. The van der Waals surface area contributed by atoms with Crippen molar-refractivity contribution in [2.45, 2.75) is 12.0 Å². The van der Waals surface area contributed by atoms with Crippen molar-refractivity contribution in [2.75, 3.05) is 25.2 Å². The molecule has 0 saturated carbocycles. The average Bonchev–Trinajstić information content (AvgIpc) is 3.06. The molecule has 2 rings (SSSR count). The molecule has 98 valence electrons. The zero-order chi connectivity index (χ0) is 12.8. The van der Waals surface area contributed by atoms with Gasteiger partial charge >= 0.3 is 0 Å². The molecule has 0 spiro atoms. The molecule has 1 saturated heterocycles. The summed E-state index contributed by atoms with van der Waals surface area (Å²) >= 11 is 1.86. The highest BCUT2D eigenvalue weighted by Gasteiger charge is 2.34. The lowest BCUT2D eigenvalue weighted by molar-refractivity contribution is -0.117. The molecule has 1 aromatic heterocycles. The van der Waals surface area contributed by atoms with Crippen molar-refractivity contribution in [3.63, 3.8) is 0 Å². The molecule has 1 aromatic rings. The fourth-order valence-corrected chi connectivity index (χ4v) is 3.21. The second-order valence-corrected chi connectivity index (χ2v) is 5.36. The zero-order valence-electron chi connectivity index (χ0n) is 10.3. The number of hydrogen-bond acceptors (Lipinski definition) is 4. The van der Waals surface area contributed by atoms with Crippen LogP contribution >= 0.6 is 11.8 Å². The summed E-state index contributed by atoms with van der Waals surface area (Å²) in [5.74, 6) is 2.57. The summed E-state index contributed by atoms with van der Waals surface area (Å²) in [7, 11) is 1.71. The van der Waals surface area contributed by atoms with E-state index in [4.69, 9.17) is 9.15 Å². The minimum absolute atomic E-state index is 0.125. The van der Waals surface area contributed by atoms with E-state index in [1.54, 1.807) is 31.6 Å². The standard InChI is InChI=1S/C13H17NO3S/c1-16-13(6-8-18-10-13)9-14-12(15)5-4-11-3-2-7-17-11/h2-5,7H,6,8-10H2,1H3,(H,14,15)/b5-4+. The Morgan fingerprint density at radius 1 is 1.72 bits per heavy atom. The fourth-order valence-electron chi connectivity index (χ4n) is 1.81. The molecule has 0 bridgehead atoms. The summed E-state index contributed by atoms with van der Waals surface area (Å²) in [5.41, 5.74) is -0.196. The Labute approximate surface area is 111 Å². The van der Waals surface area contributed by atoms with Gasteiger partial charge in [-0.15, -0.1) is 0 Å². The van der Waals surface area contributed by atoms with E-state index in [1.807, 2.05) is 11.8 Å². The molecule has 1 aliphatic heterocycles. The van der Waals surface area contributed by atoms with Crippen LogP contribution in [0.5, 0.6) is 0 Å². The summed E-state index contributed by atoms with van der Waals surface area (Å²) in [6.07, 6.45) is 5.69. The number of thioether (sulfide) groups is 1. The molecule has 2 heterocycles. The lowest BCUT2D eigenvalue weighted by atomic mass is 10.0. The predicted octanol–water partition coefficient (Wildman–Crippen LogP) is 1.93. The van der Waals surface area contributed by atoms with Crippen LogP contribution in [0.15, 0.2) is 28.9 Å². The molecule has 0 radical (unpaired) electrons. The van der Waals surface area contributed by atoms with Gasteiger partial charge in [0, 0.05) is 25.5 Å². The maximum absolute atomic E-state index is 11.7. The first kappa shape index (κ1) is 13.2. The lowest BCUT2D eigenvalue weighted by Gasteiger charge is -2.26. The largest absolute Gasteiger partial charge is 0.465 e. The topological polar surface area (TPSA) is 51.5 Å². The Hall–Kier alpha value is -1.20. The van der Waals surface area contributed by atoms with Crippen molar-refractivity contribution >= 4 is 23.7 Å². The van der Waals surface area contributed by atoms with E-state index in [-0.39, 0.29) is 11.5 Å². The second-order valence-electron chi connectivity index (χ2n) is 4.26. The molecule has 1 fully saturated rings. The van der Waals surface area contributed by atoms with E-state index in [0.29, 0.717) is 12.3 Å². The average molecular weight is 267 g/mol. The van der Waals surface area contributed by atoms with E-state index in [9.17, 15) is 4.79 Å². The highest BCUT2D eigenvalue weighted by molar-refractivity contribution is 7.99. The summed E-state index contributed by atoms with van der Waals surface area (Å²) in [4.78, 5) is 11.7. The van der Waals surface area contributed by atoms with Gasteiger partial charge in [0.1, 0.15) is 5.76 Å². The number of methoxy groups -OCH3 is 1. The summed E-state index contributed by atoms with van der Waals surface area (Å²) in [5, 5.41) is 2.87. The van der Waals surface area contributed by atoms with Crippen LogP contribution in [-0.4, -0.2) is 36.7 Å². The van der Waals surface area contributed by atoms with Gasteiger partial charge in [0.25, 0.3) is 0 Å². The Morgan fingerprint density at radius 2 is 2.61 bits per heavy atom. The third-order valence-corrected chi connectivity index (χ3v) is 4.25. The Balaban J connectivity index is 1.81. The SMILES string of the molecule is COC1(CNC(=O)/C=C/c2ccco2)CCSC1. The molecule has 0 aliphatic carbocycles. The predicted molar refractivity (Wildman–Crippen MR) is 72.4 cm³/mol. The van der Waals surface area contributed by atoms with Gasteiger partial charge in [-0.05, 0) is 30.4 Å². The van der Waals surface area contributed by atoms with Crippen LogP contribution in [0.2, 0.25) is 0 Å². The monoisotopic (exact) mass is 267 g/mol. The van der Waals surface area contributed by atoms with E-state index in [1.165, 1.54) is 6.08 Å². The summed E-state index contributed by atoms with van der Waals surface area (Å²) in [6.45, 7) is 0.553. The fraction of sp³-hybridized carbons (Fsp3) is 0.462. The van der Waals surface area contributed by atoms with Crippen LogP contribution in [0, 0.1) is 0 Å². The maximum Gasteiger partial charge on any atom is 0.244 e. The highest BCUT2D eigenvalue weighted by atomic mass is 32.2. The molecular formula is C13H17NO3S. The van der Waals surface area contributed by atoms with E-state index in [0.717, 1.165) is 17.9 Å². The van der Waals surface area contributed by atoms with E-state index < -0.39 is 0 Å². The normalized spacial score (nSPS) is 23.6. The Kier molecular flexibility index (Phi) is 4.49. The molecule has 18 heavy (non-hydrogen) atoms. The summed E-state index contributed by atoms with van der Waals surface area (Å²) in [6, 6.07) is 3.58. The van der Waals surface area contributed by atoms with Gasteiger partial charge in [0.15, 0.2) is 0 Å². The van der Waals surface area contributed by atoms with Crippen molar-refractivity contribution in [1.29, 1.82) is 0 Å². The quantitative estimate of drug-likeness (QED) is 0.828. The number of hydrogen-bond donors (Lipinski definition) is 1. The van der Waals surface area contributed by atoms with Crippen LogP contribution in [-0.2, 0) is 9.53 Å². The van der Waals surface area contributed by atoms with Gasteiger partial charge in [0.05, 0.1) is 11.9 Å². The van der Waals surface area contributed by atoms with Gasteiger partial charge in [-0.1, -0.05) is 0 Å². The molecule has 1 N–H and O–H groups in total. The molecule has 4 nitrogen and oxygen atoms in total. The van der Waals surface area contributed by atoms with Crippen LogP contribution < -0.4 is 5.32 Å². The third-order valence-electron chi connectivity index (χ3n) is 3.03. The molecule has 5 heteroatoms. The number of rotatable bonds is 5. The van der Waals surface area contributed by atoms with Crippen molar-refractivity contribution in [2.24, 2.45) is 0 Å². The summed E-state index contributed by atoms with van der Waals surface area (Å²) < 4.78 is 10.6. The number of nitrogens with one attached hydrogen (secondary N) is 1. The van der Waals surface area contributed by atoms with E-state index >= 15 is 0 Å². The van der Waals surface area contributed by atoms with Crippen LogP contribution in [0.3, 0.4) is 0 Å². The first-order valence-electron chi connectivity index (χ1n) is 5.86.